The lowest BCUT2D eigenvalue weighted by atomic mass is 9.74. The van der Waals surface area contributed by atoms with Crippen LogP contribution in [0.5, 0.6) is 0 Å². The number of sulfonamides is 1. The number of hydrogen-bond acceptors (Lipinski definition) is 3. The van der Waals surface area contributed by atoms with E-state index < -0.39 is 15.7 Å². The lowest BCUT2D eigenvalue weighted by molar-refractivity contribution is -0.109. The Morgan fingerprint density at radius 1 is 0.714 bits per heavy atom. The lowest BCUT2D eigenvalue weighted by Crippen LogP contribution is -2.52. The molecule has 1 saturated heterocycles. The Hall–Kier alpha value is -3.25. The summed E-state index contributed by atoms with van der Waals surface area (Å²) in [5.74, 6) is 0.146. The van der Waals surface area contributed by atoms with E-state index in [0.29, 0.717) is 13.0 Å². The Kier molecular flexibility index (Phi) is 6.56. The van der Waals surface area contributed by atoms with Crippen molar-refractivity contribution in [3.05, 3.63) is 138 Å². The Morgan fingerprint density at radius 3 is 1.80 bits per heavy atom. The molecule has 1 heterocycles. The first-order chi connectivity index (χ1) is 17.0. The molecule has 1 aliphatic rings. The largest absolute Gasteiger partial charge is 0.355 e. The van der Waals surface area contributed by atoms with Crippen LogP contribution in [0.15, 0.2) is 120 Å². The molecule has 0 spiro atoms. The smallest absolute Gasteiger partial charge is 0.243 e. The van der Waals surface area contributed by atoms with Crippen LogP contribution >= 0.6 is 0 Å². The molecule has 0 saturated carbocycles. The summed E-state index contributed by atoms with van der Waals surface area (Å²) in [4.78, 5) is 0.225. The molecule has 5 heteroatoms. The molecule has 3 atom stereocenters. The fourth-order valence-electron chi connectivity index (χ4n) is 4.97. The van der Waals surface area contributed by atoms with Gasteiger partial charge in [0.05, 0.1) is 11.5 Å². The number of benzene rings is 4. The van der Waals surface area contributed by atoms with Gasteiger partial charge in [0.1, 0.15) is 0 Å². The summed E-state index contributed by atoms with van der Waals surface area (Å²) in [7, 11) is -3.85. The van der Waals surface area contributed by atoms with Crippen LogP contribution in [0, 0.1) is 6.92 Å². The normalized spacial score (nSPS) is 22.5. The first-order valence-electron chi connectivity index (χ1n) is 11.9. The van der Waals surface area contributed by atoms with Gasteiger partial charge in [0.15, 0.2) is 5.72 Å². The molecule has 1 N–H and O–H groups in total. The Bertz CT molecular complexity index is 1360. The molecular weight excluding hydrogens is 454 g/mol. The topological polar surface area (TPSA) is 55.4 Å². The summed E-state index contributed by atoms with van der Waals surface area (Å²) in [5.41, 5.74) is 2.95. The second-order valence-electron chi connectivity index (χ2n) is 9.16. The summed E-state index contributed by atoms with van der Waals surface area (Å²) in [6.45, 7) is 2.32. The molecule has 0 unspecified atom stereocenters. The Morgan fingerprint density at radius 2 is 1.23 bits per heavy atom. The average molecular weight is 484 g/mol. The van der Waals surface area contributed by atoms with Crippen molar-refractivity contribution in [3.8, 4) is 0 Å². The van der Waals surface area contributed by atoms with Gasteiger partial charge in [0.25, 0.3) is 0 Å². The van der Waals surface area contributed by atoms with E-state index in [1.165, 1.54) is 11.1 Å². The molecule has 0 aromatic heterocycles. The highest BCUT2D eigenvalue weighted by Gasteiger charge is 2.46. The van der Waals surface area contributed by atoms with Crippen molar-refractivity contribution in [2.45, 2.75) is 35.8 Å². The van der Waals surface area contributed by atoms with Gasteiger partial charge in [-0.15, -0.1) is 0 Å². The van der Waals surface area contributed by atoms with E-state index >= 15 is 0 Å². The molecule has 178 valence electrons. The molecule has 1 fully saturated rings. The molecule has 0 amide bonds. The minimum absolute atomic E-state index is 0.0493. The summed E-state index contributed by atoms with van der Waals surface area (Å²) < 4.78 is 36.7. The third kappa shape index (κ3) is 4.94. The maximum absolute atomic E-state index is 13.6. The summed E-state index contributed by atoms with van der Waals surface area (Å²) in [6, 6.07) is 37.2. The zero-order valence-electron chi connectivity index (χ0n) is 19.7. The van der Waals surface area contributed by atoms with E-state index in [2.05, 4.69) is 29.0 Å². The highest BCUT2D eigenvalue weighted by Crippen LogP contribution is 2.48. The molecule has 35 heavy (non-hydrogen) atoms. The van der Waals surface area contributed by atoms with Crippen LogP contribution in [0.4, 0.5) is 0 Å². The zero-order valence-corrected chi connectivity index (χ0v) is 20.5. The molecule has 5 rings (SSSR count). The Balaban J connectivity index is 1.59. The molecule has 1 aliphatic heterocycles. The number of aryl methyl sites for hydroxylation is 1. The van der Waals surface area contributed by atoms with Crippen LogP contribution < -0.4 is 4.72 Å². The van der Waals surface area contributed by atoms with Crippen molar-refractivity contribution in [2.24, 2.45) is 0 Å². The molecule has 4 aromatic rings. The number of hydrogen-bond donors (Lipinski definition) is 1. The van der Waals surface area contributed by atoms with Crippen molar-refractivity contribution < 1.29 is 13.2 Å². The molecular formula is C30H29NO3S. The van der Waals surface area contributed by atoms with Crippen LogP contribution in [0.3, 0.4) is 0 Å². The van der Waals surface area contributed by atoms with Gasteiger partial charge in [-0.3, -0.25) is 0 Å². The van der Waals surface area contributed by atoms with E-state index in [-0.39, 0.29) is 16.7 Å². The number of ether oxygens (including phenoxy) is 1. The summed E-state index contributed by atoms with van der Waals surface area (Å²) in [5, 5.41) is 0. The second kappa shape index (κ2) is 9.78. The molecule has 4 nitrogen and oxygen atoms in total. The van der Waals surface area contributed by atoms with Gasteiger partial charge in [-0.25, -0.2) is 8.42 Å². The minimum Gasteiger partial charge on any atom is -0.355 e. The molecule has 0 bridgehead atoms. The van der Waals surface area contributed by atoms with Crippen LogP contribution in [-0.2, 0) is 20.5 Å². The monoisotopic (exact) mass is 483 g/mol. The van der Waals surface area contributed by atoms with E-state index in [4.69, 9.17) is 4.74 Å². The molecule has 4 aromatic carbocycles. The highest BCUT2D eigenvalue weighted by molar-refractivity contribution is 7.89. The third-order valence-corrected chi connectivity index (χ3v) is 8.32. The fourth-order valence-corrected chi connectivity index (χ4v) is 6.28. The predicted molar refractivity (Wildman–Crippen MR) is 139 cm³/mol. The van der Waals surface area contributed by atoms with E-state index in [0.717, 1.165) is 11.1 Å². The first-order valence-corrected chi connectivity index (χ1v) is 13.4. The maximum atomic E-state index is 13.6. The Labute approximate surface area is 207 Å². The maximum Gasteiger partial charge on any atom is 0.243 e. The van der Waals surface area contributed by atoms with Gasteiger partial charge in [-0.2, -0.15) is 4.72 Å². The SMILES string of the molecule is Cc1ccc(S(=O)(=O)N[C@]2(c3ccccc3)C[C@@H](c3ccccc3)[C@H](c3ccccc3)CO2)cc1. The van der Waals surface area contributed by atoms with Gasteiger partial charge in [-0.05, 0) is 41.7 Å². The van der Waals surface area contributed by atoms with E-state index in [9.17, 15) is 8.42 Å². The first kappa shape index (κ1) is 23.5. The standard InChI is InChI=1S/C30H29NO3S/c1-23-17-19-27(20-18-23)35(32,33)31-30(26-15-9-4-10-16-26)21-28(24-11-5-2-6-12-24)29(22-34-30)25-13-7-3-8-14-25/h2-20,28-29,31H,21-22H2,1H3/t28-,29-,30+/m0/s1. The quantitative estimate of drug-likeness (QED) is 0.360. The van der Waals surface area contributed by atoms with Crippen molar-refractivity contribution in [3.63, 3.8) is 0 Å². The zero-order chi connectivity index (χ0) is 24.3. The van der Waals surface area contributed by atoms with Gasteiger partial charge >= 0.3 is 0 Å². The van der Waals surface area contributed by atoms with Crippen molar-refractivity contribution in [2.75, 3.05) is 6.61 Å². The van der Waals surface area contributed by atoms with Crippen LogP contribution in [0.1, 0.15) is 40.5 Å². The van der Waals surface area contributed by atoms with Crippen LogP contribution in [-0.4, -0.2) is 15.0 Å². The van der Waals surface area contributed by atoms with Crippen molar-refractivity contribution in [1.29, 1.82) is 0 Å². The van der Waals surface area contributed by atoms with Crippen LogP contribution in [0.25, 0.3) is 0 Å². The van der Waals surface area contributed by atoms with Crippen LogP contribution in [0.2, 0.25) is 0 Å². The van der Waals surface area contributed by atoms with Gasteiger partial charge in [-0.1, -0.05) is 109 Å². The van der Waals surface area contributed by atoms with Crippen molar-refractivity contribution in [1.82, 2.24) is 4.72 Å². The van der Waals surface area contributed by atoms with E-state index in [1.54, 1.807) is 12.1 Å². The summed E-state index contributed by atoms with van der Waals surface area (Å²) >= 11 is 0. The number of rotatable bonds is 6. The minimum atomic E-state index is -3.85. The third-order valence-electron chi connectivity index (χ3n) is 6.83. The van der Waals surface area contributed by atoms with Gasteiger partial charge in [0.2, 0.25) is 10.0 Å². The molecule has 0 radical (unpaired) electrons. The fraction of sp³-hybridized carbons (Fsp3) is 0.200. The summed E-state index contributed by atoms with van der Waals surface area (Å²) in [6.07, 6.45) is 0.464. The second-order valence-corrected chi connectivity index (χ2v) is 10.8. The van der Waals surface area contributed by atoms with E-state index in [1.807, 2.05) is 85.8 Å². The average Bonchev–Trinajstić information content (AvgIpc) is 2.90. The van der Waals surface area contributed by atoms with Gasteiger partial charge in [0, 0.05) is 12.3 Å². The lowest BCUT2D eigenvalue weighted by Gasteiger charge is -2.45. The number of nitrogens with one attached hydrogen (secondary N) is 1. The molecule has 0 aliphatic carbocycles. The predicted octanol–water partition coefficient (Wildman–Crippen LogP) is 6.11. The van der Waals surface area contributed by atoms with Gasteiger partial charge < -0.3 is 4.74 Å². The highest BCUT2D eigenvalue weighted by atomic mass is 32.2. The van der Waals surface area contributed by atoms with Crippen molar-refractivity contribution >= 4 is 10.0 Å².